The Kier molecular flexibility index (Phi) is 5.85. The SMILES string of the molecule is CCC(=O)N1c2ccc(NC(=O)c3ccccc3)cc2CC1Cc1ccc(C)nc1C. The maximum Gasteiger partial charge on any atom is 0.255 e. The highest BCUT2D eigenvalue weighted by Gasteiger charge is 2.33. The average molecular weight is 414 g/mol. The fourth-order valence-corrected chi connectivity index (χ4v) is 4.25. The lowest BCUT2D eigenvalue weighted by Crippen LogP contribution is -2.38. The number of fused-ring (bicyclic) bond motifs is 1. The molecule has 0 bridgehead atoms. The van der Waals surface area contributed by atoms with Crippen LogP contribution in [0.15, 0.2) is 60.7 Å². The zero-order valence-electron chi connectivity index (χ0n) is 18.2. The molecule has 31 heavy (non-hydrogen) atoms. The molecule has 2 aromatic carbocycles. The van der Waals surface area contributed by atoms with Gasteiger partial charge in [-0.2, -0.15) is 0 Å². The number of carbonyl (C=O) groups is 2. The predicted molar refractivity (Wildman–Crippen MR) is 124 cm³/mol. The smallest absolute Gasteiger partial charge is 0.255 e. The lowest BCUT2D eigenvalue weighted by molar-refractivity contribution is -0.118. The van der Waals surface area contributed by atoms with Crippen molar-refractivity contribution in [3.63, 3.8) is 0 Å². The van der Waals surface area contributed by atoms with Crippen LogP contribution in [0.2, 0.25) is 0 Å². The molecule has 0 radical (unpaired) electrons. The van der Waals surface area contributed by atoms with Crippen LogP contribution in [0.25, 0.3) is 0 Å². The molecule has 1 aromatic heterocycles. The van der Waals surface area contributed by atoms with Gasteiger partial charge in [0.05, 0.1) is 0 Å². The second-order valence-corrected chi connectivity index (χ2v) is 8.04. The predicted octanol–water partition coefficient (Wildman–Crippen LogP) is 4.86. The van der Waals surface area contributed by atoms with Gasteiger partial charge in [0.2, 0.25) is 5.91 Å². The number of amides is 2. The Balaban J connectivity index is 1.59. The minimum Gasteiger partial charge on any atom is -0.322 e. The summed E-state index contributed by atoms with van der Waals surface area (Å²) in [5.74, 6) is -0.0273. The molecule has 158 valence electrons. The minimum absolute atomic E-state index is 0.0470. The number of aromatic nitrogens is 1. The van der Waals surface area contributed by atoms with Crippen LogP contribution < -0.4 is 10.2 Å². The van der Waals surface area contributed by atoms with E-state index in [0.29, 0.717) is 12.0 Å². The Labute approximate surface area is 183 Å². The first-order valence-electron chi connectivity index (χ1n) is 10.7. The van der Waals surface area contributed by atoms with Crippen LogP contribution in [0.3, 0.4) is 0 Å². The molecular weight excluding hydrogens is 386 g/mol. The average Bonchev–Trinajstić information content (AvgIpc) is 3.13. The molecule has 0 aliphatic carbocycles. The van der Waals surface area contributed by atoms with Crippen molar-refractivity contribution >= 4 is 23.2 Å². The van der Waals surface area contributed by atoms with Gasteiger partial charge in [0, 0.05) is 40.8 Å². The number of nitrogens with one attached hydrogen (secondary N) is 1. The summed E-state index contributed by atoms with van der Waals surface area (Å²) in [7, 11) is 0. The second-order valence-electron chi connectivity index (χ2n) is 8.04. The van der Waals surface area contributed by atoms with E-state index >= 15 is 0 Å². The molecule has 4 rings (SSSR count). The van der Waals surface area contributed by atoms with E-state index in [2.05, 4.69) is 16.4 Å². The van der Waals surface area contributed by atoms with E-state index in [9.17, 15) is 9.59 Å². The fraction of sp³-hybridized carbons (Fsp3) is 0.269. The van der Waals surface area contributed by atoms with Gasteiger partial charge in [-0.3, -0.25) is 14.6 Å². The van der Waals surface area contributed by atoms with Crippen LogP contribution in [0.4, 0.5) is 11.4 Å². The van der Waals surface area contributed by atoms with Crippen molar-refractivity contribution in [1.82, 2.24) is 4.98 Å². The lowest BCUT2D eigenvalue weighted by Gasteiger charge is -2.26. The van der Waals surface area contributed by atoms with E-state index in [1.165, 1.54) is 0 Å². The van der Waals surface area contributed by atoms with Gasteiger partial charge in [-0.05, 0) is 74.2 Å². The third-order valence-electron chi connectivity index (χ3n) is 5.81. The van der Waals surface area contributed by atoms with Crippen LogP contribution >= 0.6 is 0 Å². The Morgan fingerprint density at radius 2 is 1.84 bits per heavy atom. The van der Waals surface area contributed by atoms with Crippen LogP contribution in [0, 0.1) is 13.8 Å². The normalized spacial score (nSPS) is 14.9. The summed E-state index contributed by atoms with van der Waals surface area (Å²) in [4.78, 5) is 31.8. The van der Waals surface area contributed by atoms with E-state index in [-0.39, 0.29) is 17.9 Å². The molecule has 1 aliphatic rings. The van der Waals surface area contributed by atoms with Gasteiger partial charge >= 0.3 is 0 Å². The van der Waals surface area contributed by atoms with E-state index in [0.717, 1.165) is 46.7 Å². The molecule has 2 amide bonds. The first-order valence-corrected chi connectivity index (χ1v) is 10.7. The summed E-state index contributed by atoms with van der Waals surface area (Å²) in [5.41, 5.74) is 6.54. The Hall–Kier alpha value is -3.47. The zero-order chi connectivity index (χ0) is 22.0. The van der Waals surface area contributed by atoms with Crippen LogP contribution in [0.1, 0.15) is 46.2 Å². The highest BCUT2D eigenvalue weighted by molar-refractivity contribution is 6.04. The molecule has 1 unspecified atom stereocenters. The van der Waals surface area contributed by atoms with Crippen molar-refractivity contribution in [3.05, 3.63) is 88.7 Å². The second kappa shape index (κ2) is 8.72. The fourth-order valence-electron chi connectivity index (χ4n) is 4.25. The maximum atomic E-state index is 12.8. The summed E-state index contributed by atoms with van der Waals surface area (Å²) in [6, 6.07) is 19.1. The number of rotatable bonds is 5. The van der Waals surface area contributed by atoms with Crippen LogP contribution in [-0.4, -0.2) is 22.8 Å². The number of hydrogen-bond donors (Lipinski definition) is 1. The molecule has 0 saturated carbocycles. The van der Waals surface area contributed by atoms with E-state index in [1.807, 2.05) is 68.1 Å². The number of aryl methyl sites for hydroxylation is 2. The minimum atomic E-state index is -0.141. The Morgan fingerprint density at radius 1 is 1.06 bits per heavy atom. The third kappa shape index (κ3) is 4.36. The third-order valence-corrected chi connectivity index (χ3v) is 5.81. The molecule has 2 heterocycles. The van der Waals surface area contributed by atoms with Crippen molar-refractivity contribution < 1.29 is 9.59 Å². The van der Waals surface area contributed by atoms with Gasteiger partial charge in [0.1, 0.15) is 0 Å². The van der Waals surface area contributed by atoms with Gasteiger partial charge in [-0.1, -0.05) is 31.2 Å². The molecule has 0 fully saturated rings. The summed E-state index contributed by atoms with van der Waals surface area (Å²) in [6.07, 6.45) is 1.96. The van der Waals surface area contributed by atoms with Gasteiger partial charge in [-0.15, -0.1) is 0 Å². The molecule has 5 nitrogen and oxygen atoms in total. The molecule has 0 spiro atoms. The summed E-state index contributed by atoms with van der Waals surface area (Å²) < 4.78 is 0. The topological polar surface area (TPSA) is 62.3 Å². The largest absolute Gasteiger partial charge is 0.322 e. The van der Waals surface area contributed by atoms with E-state index < -0.39 is 0 Å². The van der Waals surface area contributed by atoms with Gasteiger partial charge in [0.15, 0.2) is 0 Å². The number of benzene rings is 2. The molecule has 1 aliphatic heterocycles. The van der Waals surface area contributed by atoms with Crippen LogP contribution in [0.5, 0.6) is 0 Å². The first-order chi connectivity index (χ1) is 15.0. The number of pyridine rings is 1. The van der Waals surface area contributed by atoms with E-state index in [4.69, 9.17) is 0 Å². The molecule has 5 heteroatoms. The molecule has 3 aromatic rings. The van der Waals surface area contributed by atoms with Crippen molar-refractivity contribution in [2.45, 2.75) is 46.1 Å². The lowest BCUT2D eigenvalue weighted by atomic mass is 10.0. The van der Waals surface area contributed by atoms with Gasteiger partial charge in [-0.25, -0.2) is 0 Å². The highest BCUT2D eigenvalue weighted by Crippen LogP contribution is 2.36. The van der Waals surface area contributed by atoms with Crippen molar-refractivity contribution in [3.8, 4) is 0 Å². The Morgan fingerprint density at radius 3 is 2.55 bits per heavy atom. The van der Waals surface area contributed by atoms with Crippen molar-refractivity contribution in [2.24, 2.45) is 0 Å². The highest BCUT2D eigenvalue weighted by atomic mass is 16.2. The molecule has 1 N–H and O–H groups in total. The van der Waals surface area contributed by atoms with Crippen molar-refractivity contribution in [2.75, 3.05) is 10.2 Å². The summed E-state index contributed by atoms with van der Waals surface area (Å²) in [6.45, 7) is 5.90. The zero-order valence-corrected chi connectivity index (χ0v) is 18.2. The number of nitrogens with zero attached hydrogens (tertiary/aromatic N) is 2. The number of hydrogen-bond acceptors (Lipinski definition) is 3. The van der Waals surface area contributed by atoms with Crippen LogP contribution in [-0.2, 0) is 17.6 Å². The number of anilines is 2. The van der Waals surface area contributed by atoms with E-state index in [1.54, 1.807) is 12.1 Å². The van der Waals surface area contributed by atoms with Gasteiger partial charge in [0.25, 0.3) is 5.91 Å². The molecular formula is C26H27N3O2. The number of carbonyl (C=O) groups excluding carboxylic acids is 2. The molecule has 1 atom stereocenters. The summed E-state index contributed by atoms with van der Waals surface area (Å²) in [5, 5.41) is 2.97. The molecule has 0 saturated heterocycles. The van der Waals surface area contributed by atoms with Crippen molar-refractivity contribution in [1.29, 1.82) is 0 Å². The monoisotopic (exact) mass is 413 g/mol. The quantitative estimate of drug-likeness (QED) is 0.650. The first kappa shape index (κ1) is 20.8. The Bertz CT molecular complexity index is 1120. The summed E-state index contributed by atoms with van der Waals surface area (Å²) >= 11 is 0. The van der Waals surface area contributed by atoms with Gasteiger partial charge < -0.3 is 10.2 Å². The standard InChI is InChI=1S/C26H27N3O2/c1-4-25(30)29-23(15-20-11-10-17(2)27-18(20)3)16-21-14-22(12-13-24(21)29)28-26(31)19-8-6-5-7-9-19/h5-14,23H,4,15-16H2,1-3H3,(H,28,31). The maximum absolute atomic E-state index is 12.8.